The highest BCUT2D eigenvalue weighted by Crippen LogP contribution is 2.30. The first kappa shape index (κ1) is 11.5. The van der Waals surface area contributed by atoms with E-state index in [4.69, 9.17) is 4.74 Å². The fourth-order valence-corrected chi connectivity index (χ4v) is 2.62. The molecule has 1 atom stereocenters. The van der Waals surface area contributed by atoms with Crippen molar-refractivity contribution in [1.82, 2.24) is 0 Å². The molecular weight excluding hydrogens is 228 g/mol. The van der Waals surface area contributed by atoms with Crippen molar-refractivity contribution in [3.63, 3.8) is 0 Å². The number of fused-ring (bicyclic) bond motifs is 1. The van der Waals surface area contributed by atoms with E-state index in [-0.39, 0.29) is 11.8 Å². The minimum absolute atomic E-state index is 0.0381. The molecule has 0 saturated carbocycles. The summed E-state index contributed by atoms with van der Waals surface area (Å²) in [5, 5.41) is 3.38. The van der Waals surface area contributed by atoms with Gasteiger partial charge in [-0.25, -0.2) is 0 Å². The number of amides is 1. The monoisotopic (exact) mass is 246 g/mol. The van der Waals surface area contributed by atoms with Crippen LogP contribution in [0.4, 0.5) is 11.4 Å². The van der Waals surface area contributed by atoms with E-state index in [1.165, 1.54) is 0 Å². The molecule has 3 rings (SSSR count). The number of benzene rings is 1. The molecule has 4 heteroatoms. The van der Waals surface area contributed by atoms with E-state index in [0.29, 0.717) is 13.2 Å². The molecule has 96 valence electrons. The Morgan fingerprint density at radius 1 is 1.39 bits per heavy atom. The summed E-state index contributed by atoms with van der Waals surface area (Å²) < 4.78 is 5.33. The molecule has 4 nitrogen and oxygen atoms in total. The Kier molecular flexibility index (Phi) is 3.19. The quantitative estimate of drug-likeness (QED) is 0.822. The Labute approximate surface area is 107 Å². The van der Waals surface area contributed by atoms with Gasteiger partial charge in [-0.2, -0.15) is 0 Å². The second-order valence-corrected chi connectivity index (χ2v) is 4.85. The summed E-state index contributed by atoms with van der Waals surface area (Å²) in [6, 6.07) is 8.03. The van der Waals surface area contributed by atoms with Gasteiger partial charge in [0.05, 0.1) is 23.9 Å². The number of hydrogen-bond donors (Lipinski definition) is 1. The Balaban J connectivity index is 1.88. The van der Waals surface area contributed by atoms with Crippen molar-refractivity contribution in [2.24, 2.45) is 5.92 Å². The van der Waals surface area contributed by atoms with Crippen LogP contribution in [0.1, 0.15) is 12.8 Å². The molecule has 2 aliphatic rings. The minimum Gasteiger partial charge on any atom is -0.383 e. The van der Waals surface area contributed by atoms with E-state index in [0.717, 1.165) is 37.3 Å². The molecule has 18 heavy (non-hydrogen) atoms. The van der Waals surface area contributed by atoms with Crippen LogP contribution in [0.5, 0.6) is 0 Å². The van der Waals surface area contributed by atoms with Gasteiger partial charge in [-0.05, 0) is 25.0 Å². The lowest BCUT2D eigenvalue weighted by atomic mass is 10.1. The van der Waals surface area contributed by atoms with Gasteiger partial charge in [0.15, 0.2) is 0 Å². The number of carbonyl (C=O) groups is 1. The summed E-state index contributed by atoms with van der Waals surface area (Å²) in [4.78, 5) is 14.5. The Morgan fingerprint density at radius 3 is 3.11 bits per heavy atom. The smallest absolute Gasteiger partial charge is 0.232 e. The number of ether oxygens (including phenoxy) is 1. The van der Waals surface area contributed by atoms with Crippen LogP contribution in [0.3, 0.4) is 0 Å². The maximum absolute atomic E-state index is 12.5. The topological polar surface area (TPSA) is 41.6 Å². The number of hydrogen-bond acceptors (Lipinski definition) is 3. The molecule has 0 spiro atoms. The van der Waals surface area contributed by atoms with E-state index >= 15 is 0 Å². The molecule has 1 aromatic carbocycles. The van der Waals surface area contributed by atoms with Gasteiger partial charge in [-0.3, -0.25) is 4.79 Å². The maximum atomic E-state index is 12.5. The molecule has 0 aromatic heterocycles. The first-order valence-corrected chi connectivity index (χ1v) is 6.58. The predicted octanol–water partition coefficient (Wildman–Crippen LogP) is 1.87. The number of carbonyl (C=O) groups excluding carboxylic acids is 1. The highest BCUT2D eigenvalue weighted by atomic mass is 16.5. The summed E-state index contributed by atoms with van der Waals surface area (Å²) in [6.45, 7) is 3.00. The average molecular weight is 246 g/mol. The number of nitrogens with zero attached hydrogens (tertiary/aromatic N) is 1. The lowest BCUT2D eigenvalue weighted by Gasteiger charge is -2.24. The SMILES string of the molecule is O=C(C1CCOC1)N1CCCNc2ccccc21. The molecule has 1 unspecified atom stereocenters. The van der Waals surface area contributed by atoms with Gasteiger partial charge in [0.2, 0.25) is 5.91 Å². The average Bonchev–Trinajstić information content (AvgIpc) is 2.85. The van der Waals surface area contributed by atoms with E-state index < -0.39 is 0 Å². The number of nitrogens with one attached hydrogen (secondary N) is 1. The second-order valence-electron chi connectivity index (χ2n) is 4.85. The third kappa shape index (κ3) is 2.08. The van der Waals surface area contributed by atoms with Crippen molar-refractivity contribution in [1.29, 1.82) is 0 Å². The third-order valence-electron chi connectivity index (χ3n) is 3.61. The van der Waals surface area contributed by atoms with E-state index in [1.807, 2.05) is 29.2 Å². The molecule has 0 radical (unpaired) electrons. The van der Waals surface area contributed by atoms with Crippen molar-refractivity contribution in [3.05, 3.63) is 24.3 Å². The molecule has 1 aromatic rings. The van der Waals surface area contributed by atoms with Crippen LogP contribution in [0, 0.1) is 5.92 Å². The molecule has 1 saturated heterocycles. The molecule has 2 heterocycles. The molecule has 0 aliphatic carbocycles. The zero-order valence-corrected chi connectivity index (χ0v) is 10.4. The number of anilines is 2. The van der Waals surface area contributed by atoms with Crippen molar-refractivity contribution >= 4 is 17.3 Å². The standard InChI is InChI=1S/C14H18N2O2/c17-14(11-6-9-18-10-11)16-8-3-7-15-12-4-1-2-5-13(12)16/h1-2,4-5,11,15H,3,6-10H2. The molecule has 0 bridgehead atoms. The van der Waals surface area contributed by atoms with Crippen LogP contribution in [0.25, 0.3) is 0 Å². The van der Waals surface area contributed by atoms with Crippen molar-refractivity contribution in [2.45, 2.75) is 12.8 Å². The van der Waals surface area contributed by atoms with Gasteiger partial charge >= 0.3 is 0 Å². The van der Waals surface area contributed by atoms with Crippen molar-refractivity contribution in [2.75, 3.05) is 36.5 Å². The molecule has 2 aliphatic heterocycles. The van der Waals surface area contributed by atoms with Gasteiger partial charge in [-0.15, -0.1) is 0 Å². The van der Waals surface area contributed by atoms with E-state index in [9.17, 15) is 4.79 Å². The zero-order chi connectivity index (χ0) is 12.4. The summed E-state index contributed by atoms with van der Waals surface area (Å²) in [5.74, 6) is 0.250. The van der Waals surface area contributed by atoms with Crippen molar-refractivity contribution < 1.29 is 9.53 Å². The lowest BCUT2D eigenvalue weighted by Crippen LogP contribution is -2.37. The lowest BCUT2D eigenvalue weighted by molar-refractivity contribution is -0.122. The number of para-hydroxylation sites is 2. The highest BCUT2D eigenvalue weighted by Gasteiger charge is 2.30. The van der Waals surface area contributed by atoms with Gasteiger partial charge in [-0.1, -0.05) is 12.1 Å². The van der Waals surface area contributed by atoms with E-state index in [1.54, 1.807) is 0 Å². The fraction of sp³-hybridized carbons (Fsp3) is 0.500. The third-order valence-corrected chi connectivity index (χ3v) is 3.61. The minimum atomic E-state index is 0.0381. The molecule has 1 N–H and O–H groups in total. The molecular formula is C14H18N2O2. The van der Waals surface area contributed by atoms with Gasteiger partial charge in [0, 0.05) is 19.7 Å². The van der Waals surface area contributed by atoms with Crippen LogP contribution in [0.2, 0.25) is 0 Å². The summed E-state index contributed by atoms with van der Waals surface area (Å²) in [6.07, 6.45) is 1.83. The first-order valence-electron chi connectivity index (χ1n) is 6.58. The van der Waals surface area contributed by atoms with Crippen LogP contribution in [0.15, 0.2) is 24.3 Å². The van der Waals surface area contributed by atoms with E-state index in [2.05, 4.69) is 5.32 Å². The second kappa shape index (κ2) is 4.98. The number of rotatable bonds is 1. The predicted molar refractivity (Wildman–Crippen MR) is 70.8 cm³/mol. The zero-order valence-electron chi connectivity index (χ0n) is 10.4. The maximum Gasteiger partial charge on any atom is 0.232 e. The van der Waals surface area contributed by atoms with Crippen LogP contribution >= 0.6 is 0 Å². The van der Waals surface area contributed by atoms with Crippen LogP contribution in [-0.4, -0.2) is 32.2 Å². The van der Waals surface area contributed by atoms with Crippen molar-refractivity contribution in [3.8, 4) is 0 Å². The fourth-order valence-electron chi connectivity index (χ4n) is 2.62. The highest BCUT2D eigenvalue weighted by molar-refractivity contribution is 5.98. The summed E-state index contributed by atoms with van der Waals surface area (Å²) in [7, 11) is 0. The normalized spacial score (nSPS) is 23.1. The van der Waals surface area contributed by atoms with Crippen LogP contribution < -0.4 is 10.2 Å². The summed E-state index contributed by atoms with van der Waals surface area (Å²) >= 11 is 0. The van der Waals surface area contributed by atoms with Gasteiger partial charge in [0.25, 0.3) is 0 Å². The molecule has 1 fully saturated rings. The van der Waals surface area contributed by atoms with Crippen LogP contribution in [-0.2, 0) is 9.53 Å². The molecule has 1 amide bonds. The van der Waals surface area contributed by atoms with Gasteiger partial charge < -0.3 is 15.0 Å². The van der Waals surface area contributed by atoms with Gasteiger partial charge in [0.1, 0.15) is 0 Å². The Morgan fingerprint density at radius 2 is 2.28 bits per heavy atom. The first-order chi connectivity index (χ1) is 8.86. The Bertz CT molecular complexity index is 441. The largest absolute Gasteiger partial charge is 0.383 e. The Hall–Kier alpha value is -1.55. The summed E-state index contributed by atoms with van der Waals surface area (Å²) in [5.41, 5.74) is 2.06.